The average molecular weight is 389 g/mol. The van der Waals surface area contributed by atoms with Gasteiger partial charge in [0.2, 0.25) is 15.9 Å². The van der Waals surface area contributed by atoms with E-state index in [1.807, 2.05) is 0 Å². The van der Waals surface area contributed by atoms with E-state index in [0.717, 1.165) is 25.7 Å². The van der Waals surface area contributed by atoms with Crippen LogP contribution in [0.5, 0.6) is 0 Å². The van der Waals surface area contributed by atoms with Crippen molar-refractivity contribution in [3.8, 4) is 0 Å². The van der Waals surface area contributed by atoms with Crippen molar-refractivity contribution in [2.45, 2.75) is 37.1 Å². The van der Waals surface area contributed by atoms with Crippen LogP contribution in [0.25, 0.3) is 0 Å². The summed E-state index contributed by atoms with van der Waals surface area (Å²) >= 11 is 0. The molecular weight excluding hydrogens is 366 g/mol. The number of pyridine rings is 1. The van der Waals surface area contributed by atoms with Gasteiger partial charge in [0.25, 0.3) is 5.56 Å². The minimum Gasteiger partial charge on any atom is -0.324 e. The number of nitrogens with zero attached hydrogens (tertiary/aromatic N) is 2. The molecule has 0 atom stereocenters. The molecule has 8 heteroatoms. The SMILES string of the molecule is O=C(Cn1ccccc1=O)Nc1cccc(S(=O)(=O)N2CCCCCC2)c1. The molecule has 0 unspecified atom stereocenters. The van der Waals surface area contributed by atoms with Crippen LogP contribution >= 0.6 is 0 Å². The number of carbonyl (C=O) groups excluding carboxylic acids is 1. The fourth-order valence-corrected chi connectivity index (χ4v) is 4.68. The van der Waals surface area contributed by atoms with E-state index in [9.17, 15) is 18.0 Å². The van der Waals surface area contributed by atoms with Crippen LogP contribution in [-0.4, -0.2) is 36.3 Å². The lowest BCUT2D eigenvalue weighted by molar-refractivity contribution is -0.116. The largest absolute Gasteiger partial charge is 0.324 e. The van der Waals surface area contributed by atoms with E-state index in [-0.39, 0.29) is 17.0 Å². The van der Waals surface area contributed by atoms with Crippen molar-refractivity contribution in [1.82, 2.24) is 8.87 Å². The molecule has 0 spiro atoms. The normalized spacial score (nSPS) is 15.9. The van der Waals surface area contributed by atoms with Crippen LogP contribution in [0, 0.1) is 0 Å². The molecule has 1 aliphatic heterocycles. The van der Waals surface area contributed by atoms with Gasteiger partial charge in [-0.15, -0.1) is 0 Å². The van der Waals surface area contributed by atoms with Crippen LogP contribution in [0.4, 0.5) is 5.69 Å². The maximum absolute atomic E-state index is 12.9. The third-order valence-electron chi connectivity index (χ3n) is 4.53. The Morgan fingerprint density at radius 1 is 1.00 bits per heavy atom. The monoisotopic (exact) mass is 389 g/mol. The van der Waals surface area contributed by atoms with Gasteiger partial charge in [-0.05, 0) is 37.1 Å². The van der Waals surface area contributed by atoms with Crippen molar-refractivity contribution in [3.05, 3.63) is 59.0 Å². The van der Waals surface area contributed by atoms with Gasteiger partial charge in [0.15, 0.2) is 0 Å². The topological polar surface area (TPSA) is 88.5 Å². The van der Waals surface area contributed by atoms with Gasteiger partial charge in [0.05, 0.1) is 4.90 Å². The molecule has 0 radical (unpaired) electrons. The number of hydrogen-bond acceptors (Lipinski definition) is 4. The Labute approximate surface area is 158 Å². The summed E-state index contributed by atoms with van der Waals surface area (Å²) in [4.78, 5) is 24.1. The van der Waals surface area contributed by atoms with E-state index in [1.54, 1.807) is 24.3 Å². The summed E-state index contributed by atoms with van der Waals surface area (Å²) in [7, 11) is -3.58. The lowest BCUT2D eigenvalue weighted by Gasteiger charge is -2.20. The molecule has 1 saturated heterocycles. The Hall–Kier alpha value is -2.45. The Morgan fingerprint density at radius 3 is 2.44 bits per heavy atom. The van der Waals surface area contributed by atoms with Gasteiger partial charge < -0.3 is 9.88 Å². The summed E-state index contributed by atoms with van der Waals surface area (Å²) in [5, 5.41) is 2.66. The molecule has 1 fully saturated rings. The second-order valence-corrected chi connectivity index (χ2v) is 8.50. The molecule has 0 bridgehead atoms. The van der Waals surface area contributed by atoms with Crippen LogP contribution < -0.4 is 10.9 Å². The Balaban J connectivity index is 1.74. The number of anilines is 1. The second-order valence-electron chi connectivity index (χ2n) is 6.56. The molecule has 0 saturated carbocycles. The lowest BCUT2D eigenvalue weighted by Crippen LogP contribution is -2.32. The van der Waals surface area contributed by atoms with Crippen LogP contribution in [0.1, 0.15) is 25.7 Å². The van der Waals surface area contributed by atoms with Gasteiger partial charge in [-0.2, -0.15) is 4.31 Å². The predicted octanol–water partition coefficient (Wildman–Crippen LogP) is 2.05. The summed E-state index contributed by atoms with van der Waals surface area (Å²) in [6.07, 6.45) is 5.34. The fourth-order valence-electron chi connectivity index (χ4n) is 3.11. The third-order valence-corrected chi connectivity index (χ3v) is 6.43. The quantitative estimate of drug-likeness (QED) is 0.848. The predicted molar refractivity (Wildman–Crippen MR) is 103 cm³/mol. The van der Waals surface area contributed by atoms with Crippen molar-refractivity contribution < 1.29 is 13.2 Å². The highest BCUT2D eigenvalue weighted by Gasteiger charge is 2.25. The van der Waals surface area contributed by atoms with Crippen LogP contribution in [0.15, 0.2) is 58.4 Å². The van der Waals surface area contributed by atoms with Crippen molar-refractivity contribution in [3.63, 3.8) is 0 Å². The summed E-state index contributed by atoms with van der Waals surface area (Å²) in [5.74, 6) is -0.396. The van der Waals surface area contributed by atoms with Gasteiger partial charge in [-0.1, -0.05) is 25.0 Å². The Kier molecular flexibility index (Phi) is 6.08. The summed E-state index contributed by atoms with van der Waals surface area (Å²) in [6, 6.07) is 10.9. The molecule has 1 N–H and O–H groups in total. The first-order valence-electron chi connectivity index (χ1n) is 9.02. The van der Waals surface area contributed by atoms with Crippen molar-refractivity contribution in [2.24, 2.45) is 0 Å². The highest BCUT2D eigenvalue weighted by atomic mass is 32.2. The lowest BCUT2D eigenvalue weighted by atomic mass is 10.2. The second kappa shape index (κ2) is 8.49. The molecule has 2 aromatic rings. The number of rotatable bonds is 5. The molecule has 27 heavy (non-hydrogen) atoms. The van der Waals surface area contributed by atoms with Crippen molar-refractivity contribution >= 4 is 21.6 Å². The summed E-state index contributed by atoms with van der Waals surface area (Å²) in [5.41, 5.74) is 0.116. The third kappa shape index (κ3) is 4.84. The van der Waals surface area contributed by atoms with Crippen molar-refractivity contribution in [1.29, 1.82) is 0 Å². The maximum atomic E-state index is 12.9. The molecule has 1 amide bonds. The molecule has 144 valence electrons. The van der Waals surface area contributed by atoms with Crippen LogP contribution in [0.2, 0.25) is 0 Å². The maximum Gasteiger partial charge on any atom is 0.250 e. The number of amides is 1. The fraction of sp³-hybridized carbons (Fsp3) is 0.368. The van der Waals surface area contributed by atoms with E-state index in [1.165, 1.54) is 33.3 Å². The van der Waals surface area contributed by atoms with Crippen molar-refractivity contribution in [2.75, 3.05) is 18.4 Å². The number of aromatic nitrogens is 1. The van der Waals surface area contributed by atoms with E-state index >= 15 is 0 Å². The van der Waals surface area contributed by atoms with Gasteiger partial charge in [0, 0.05) is 31.0 Å². The minimum atomic E-state index is -3.58. The number of hydrogen-bond donors (Lipinski definition) is 1. The Bertz CT molecular complexity index is 961. The van der Waals surface area contributed by atoms with Crippen LogP contribution in [0.3, 0.4) is 0 Å². The van der Waals surface area contributed by atoms with E-state index in [4.69, 9.17) is 0 Å². The number of benzene rings is 1. The van der Waals surface area contributed by atoms with Gasteiger partial charge in [0.1, 0.15) is 6.54 Å². The standard InChI is InChI=1S/C19H23N3O4S/c23-18(15-21-11-6-3-10-19(21)24)20-16-8-7-9-17(14-16)27(25,26)22-12-4-1-2-5-13-22/h3,6-11,14H,1-2,4-5,12-13,15H2,(H,20,23). The molecule has 2 heterocycles. The van der Waals surface area contributed by atoms with Gasteiger partial charge in [-0.3, -0.25) is 9.59 Å². The van der Waals surface area contributed by atoms with E-state index in [0.29, 0.717) is 18.8 Å². The summed E-state index contributed by atoms with van der Waals surface area (Å²) in [6.45, 7) is 0.911. The molecule has 1 aromatic carbocycles. The Morgan fingerprint density at radius 2 is 1.74 bits per heavy atom. The highest BCUT2D eigenvalue weighted by molar-refractivity contribution is 7.89. The molecule has 7 nitrogen and oxygen atoms in total. The van der Waals surface area contributed by atoms with Gasteiger partial charge >= 0.3 is 0 Å². The molecule has 1 aliphatic rings. The average Bonchev–Trinajstić information content (AvgIpc) is 2.94. The molecular formula is C19H23N3O4S. The zero-order valence-electron chi connectivity index (χ0n) is 15.0. The van der Waals surface area contributed by atoms with E-state index < -0.39 is 15.9 Å². The van der Waals surface area contributed by atoms with E-state index in [2.05, 4.69) is 5.32 Å². The summed E-state index contributed by atoms with van der Waals surface area (Å²) < 4.78 is 28.6. The van der Waals surface area contributed by atoms with Gasteiger partial charge in [-0.25, -0.2) is 8.42 Å². The zero-order chi connectivity index (χ0) is 19.3. The zero-order valence-corrected chi connectivity index (χ0v) is 15.8. The number of sulfonamides is 1. The molecule has 3 rings (SSSR count). The van der Waals surface area contributed by atoms with Crippen LogP contribution in [-0.2, 0) is 21.4 Å². The first kappa shape index (κ1) is 19.3. The highest BCUT2D eigenvalue weighted by Crippen LogP contribution is 2.22. The molecule has 1 aromatic heterocycles. The minimum absolute atomic E-state index is 0.136. The first-order chi connectivity index (χ1) is 13.0. The number of nitrogens with one attached hydrogen (secondary N) is 1. The number of carbonyl (C=O) groups is 1. The molecule has 0 aliphatic carbocycles. The first-order valence-corrected chi connectivity index (χ1v) is 10.5. The smallest absolute Gasteiger partial charge is 0.250 e.